The van der Waals surface area contributed by atoms with Gasteiger partial charge in [-0.2, -0.15) is 4.98 Å². The van der Waals surface area contributed by atoms with Gasteiger partial charge in [0.1, 0.15) is 5.82 Å². The number of aromatic nitrogens is 3. The summed E-state index contributed by atoms with van der Waals surface area (Å²) in [6.45, 7) is 5.66. The monoisotopic (exact) mass is 360 g/mol. The molecule has 130 valence electrons. The van der Waals surface area contributed by atoms with Gasteiger partial charge in [-0.25, -0.2) is 9.37 Å². The number of halogens is 1. The summed E-state index contributed by atoms with van der Waals surface area (Å²) in [7, 11) is 0. The highest BCUT2D eigenvalue weighted by Crippen LogP contribution is 2.20. The summed E-state index contributed by atoms with van der Waals surface area (Å²) >= 11 is 1.39. The van der Waals surface area contributed by atoms with Crippen LogP contribution in [0.2, 0.25) is 0 Å². The molecule has 25 heavy (non-hydrogen) atoms. The van der Waals surface area contributed by atoms with E-state index in [0.29, 0.717) is 22.2 Å². The summed E-state index contributed by atoms with van der Waals surface area (Å²) in [5.74, 6) is 0.253. The SMILES string of the molecule is Cc1nc(C)c(C(=O)CN[C@@H](C)c2nc(-c3cccc(F)c3)no2)s1. The van der Waals surface area contributed by atoms with E-state index in [9.17, 15) is 9.18 Å². The molecule has 0 aliphatic rings. The van der Waals surface area contributed by atoms with E-state index < -0.39 is 0 Å². The van der Waals surface area contributed by atoms with Gasteiger partial charge in [-0.1, -0.05) is 17.3 Å². The van der Waals surface area contributed by atoms with Crippen molar-refractivity contribution in [1.82, 2.24) is 20.4 Å². The zero-order valence-corrected chi connectivity index (χ0v) is 14.9. The third-order valence-electron chi connectivity index (χ3n) is 3.62. The minimum atomic E-state index is -0.365. The lowest BCUT2D eigenvalue weighted by Gasteiger charge is -2.08. The minimum Gasteiger partial charge on any atom is -0.337 e. The van der Waals surface area contributed by atoms with Crippen LogP contribution in [-0.2, 0) is 0 Å². The van der Waals surface area contributed by atoms with Crippen LogP contribution in [0.25, 0.3) is 11.4 Å². The second kappa shape index (κ2) is 7.20. The maximum Gasteiger partial charge on any atom is 0.243 e. The van der Waals surface area contributed by atoms with Crippen LogP contribution in [0.5, 0.6) is 0 Å². The average molecular weight is 360 g/mol. The number of rotatable bonds is 6. The Kier molecular flexibility index (Phi) is 5.00. The predicted molar refractivity (Wildman–Crippen MR) is 92.0 cm³/mol. The van der Waals surface area contributed by atoms with E-state index >= 15 is 0 Å². The topological polar surface area (TPSA) is 80.9 Å². The Balaban J connectivity index is 1.65. The Morgan fingerprint density at radius 3 is 2.84 bits per heavy atom. The average Bonchev–Trinajstić information content (AvgIpc) is 3.19. The second-order valence-electron chi connectivity index (χ2n) is 5.64. The van der Waals surface area contributed by atoms with Gasteiger partial charge in [-0.05, 0) is 32.9 Å². The van der Waals surface area contributed by atoms with E-state index in [1.807, 2.05) is 20.8 Å². The molecule has 1 atom stereocenters. The molecule has 1 aromatic carbocycles. The largest absolute Gasteiger partial charge is 0.337 e. The lowest BCUT2D eigenvalue weighted by Crippen LogP contribution is -2.26. The molecule has 1 N–H and O–H groups in total. The van der Waals surface area contributed by atoms with Crippen molar-refractivity contribution in [3.8, 4) is 11.4 Å². The summed E-state index contributed by atoms with van der Waals surface area (Å²) < 4.78 is 18.5. The Hall–Kier alpha value is -2.45. The molecule has 0 spiro atoms. The molecule has 0 radical (unpaired) electrons. The van der Waals surface area contributed by atoms with Crippen LogP contribution in [0, 0.1) is 19.7 Å². The molecule has 0 fully saturated rings. The molecular formula is C17H17FN4O2S. The molecule has 3 aromatic rings. The molecule has 0 saturated heterocycles. The van der Waals surface area contributed by atoms with Crippen molar-refractivity contribution in [2.24, 2.45) is 0 Å². The molecule has 6 nitrogen and oxygen atoms in total. The Bertz CT molecular complexity index is 906. The fourth-order valence-electron chi connectivity index (χ4n) is 2.36. The van der Waals surface area contributed by atoms with Crippen molar-refractivity contribution < 1.29 is 13.7 Å². The zero-order chi connectivity index (χ0) is 18.0. The van der Waals surface area contributed by atoms with Gasteiger partial charge in [0.2, 0.25) is 11.7 Å². The van der Waals surface area contributed by atoms with Gasteiger partial charge in [-0.3, -0.25) is 10.1 Å². The third kappa shape index (κ3) is 3.97. The smallest absolute Gasteiger partial charge is 0.243 e. The number of ketones is 1. The van der Waals surface area contributed by atoms with Crippen LogP contribution >= 0.6 is 11.3 Å². The molecule has 2 aromatic heterocycles. The number of thiazole rings is 1. The molecule has 0 unspecified atom stereocenters. The van der Waals surface area contributed by atoms with Gasteiger partial charge in [0, 0.05) is 5.56 Å². The third-order valence-corrected chi connectivity index (χ3v) is 4.73. The van der Waals surface area contributed by atoms with Crippen LogP contribution in [-0.4, -0.2) is 27.5 Å². The number of hydrogen-bond acceptors (Lipinski definition) is 7. The van der Waals surface area contributed by atoms with Crippen LogP contribution in [0.3, 0.4) is 0 Å². The summed E-state index contributed by atoms with van der Waals surface area (Å²) in [4.78, 5) is 21.5. The first-order valence-corrected chi connectivity index (χ1v) is 8.56. The minimum absolute atomic E-state index is 0.0279. The number of Topliss-reactive ketones (excluding diaryl/α,β-unsaturated/α-hetero) is 1. The highest BCUT2D eigenvalue weighted by atomic mass is 32.1. The molecule has 0 saturated carbocycles. The number of nitrogens with zero attached hydrogens (tertiary/aromatic N) is 3. The predicted octanol–water partition coefficient (Wildman–Crippen LogP) is 3.48. The first kappa shape index (κ1) is 17.4. The van der Waals surface area contributed by atoms with Gasteiger partial charge in [0.25, 0.3) is 0 Å². The van der Waals surface area contributed by atoms with Crippen molar-refractivity contribution in [3.63, 3.8) is 0 Å². The number of benzene rings is 1. The van der Waals surface area contributed by atoms with Gasteiger partial charge < -0.3 is 4.52 Å². The van der Waals surface area contributed by atoms with Gasteiger partial charge in [0.05, 0.1) is 28.2 Å². The van der Waals surface area contributed by atoms with E-state index in [4.69, 9.17) is 4.52 Å². The molecule has 0 amide bonds. The highest BCUT2D eigenvalue weighted by molar-refractivity contribution is 7.13. The first-order chi connectivity index (χ1) is 11.9. The van der Waals surface area contributed by atoms with Gasteiger partial charge in [-0.15, -0.1) is 11.3 Å². The summed E-state index contributed by atoms with van der Waals surface area (Å²) in [6.07, 6.45) is 0. The number of carbonyl (C=O) groups is 1. The lowest BCUT2D eigenvalue weighted by molar-refractivity contribution is 0.0989. The number of carbonyl (C=O) groups excluding carboxylic acids is 1. The maximum absolute atomic E-state index is 13.3. The Labute approximate surface area is 148 Å². The fraction of sp³-hybridized carbons (Fsp3) is 0.294. The number of hydrogen-bond donors (Lipinski definition) is 1. The van der Waals surface area contributed by atoms with E-state index in [-0.39, 0.29) is 24.2 Å². The molecule has 3 rings (SSSR count). The highest BCUT2D eigenvalue weighted by Gasteiger charge is 2.18. The van der Waals surface area contributed by atoms with Crippen molar-refractivity contribution in [2.75, 3.05) is 6.54 Å². The van der Waals surface area contributed by atoms with Gasteiger partial charge >= 0.3 is 0 Å². The quantitative estimate of drug-likeness (QED) is 0.678. The van der Waals surface area contributed by atoms with Gasteiger partial charge in [0.15, 0.2) is 5.78 Å². The van der Waals surface area contributed by atoms with Crippen molar-refractivity contribution in [1.29, 1.82) is 0 Å². The lowest BCUT2D eigenvalue weighted by atomic mass is 10.2. The molecule has 8 heteroatoms. The number of nitrogens with one attached hydrogen (secondary N) is 1. The maximum atomic E-state index is 13.3. The molecule has 2 heterocycles. The van der Waals surface area contributed by atoms with Crippen LogP contribution in [0.1, 0.15) is 39.2 Å². The van der Waals surface area contributed by atoms with Crippen LogP contribution in [0.4, 0.5) is 4.39 Å². The van der Waals surface area contributed by atoms with Crippen molar-refractivity contribution in [3.05, 3.63) is 51.6 Å². The fourth-order valence-corrected chi connectivity index (χ4v) is 3.22. The van der Waals surface area contributed by atoms with E-state index in [1.54, 1.807) is 12.1 Å². The molecule has 0 aliphatic heterocycles. The van der Waals surface area contributed by atoms with Crippen LogP contribution in [0.15, 0.2) is 28.8 Å². The summed E-state index contributed by atoms with van der Waals surface area (Å²) in [5.41, 5.74) is 1.28. The van der Waals surface area contributed by atoms with E-state index in [0.717, 1.165) is 10.7 Å². The first-order valence-electron chi connectivity index (χ1n) is 7.74. The zero-order valence-electron chi connectivity index (χ0n) is 14.0. The standard InChI is InChI=1S/C17H17FN4O2S/c1-9-15(25-11(3)20-9)14(23)8-19-10(2)17-21-16(22-24-17)12-5-4-6-13(18)7-12/h4-7,10,19H,8H2,1-3H3/t10-/m0/s1. The van der Waals surface area contributed by atoms with Crippen LogP contribution < -0.4 is 5.32 Å². The number of aryl methyl sites for hydroxylation is 2. The molecule has 0 bridgehead atoms. The second-order valence-corrected chi connectivity index (χ2v) is 6.84. The van der Waals surface area contributed by atoms with Crippen molar-refractivity contribution >= 4 is 17.1 Å². The Morgan fingerprint density at radius 2 is 2.16 bits per heavy atom. The Morgan fingerprint density at radius 1 is 1.36 bits per heavy atom. The van der Waals surface area contributed by atoms with E-state index in [2.05, 4.69) is 20.4 Å². The van der Waals surface area contributed by atoms with E-state index in [1.165, 1.54) is 23.5 Å². The molecule has 0 aliphatic carbocycles. The summed E-state index contributed by atoms with van der Waals surface area (Å²) in [5, 5.41) is 7.80. The summed E-state index contributed by atoms with van der Waals surface area (Å²) in [6, 6.07) is 5.66. The van der Waals surface area contributed by atoms with Crippen molar-refractivity contribution in [2.45, 2.75) is 26.8 Å². The molecular weight excluding hydrogens is 343 g/mol. The normalized spacial score (nSPS) is 12.3.